The molecular weight excluding hydrogens is 276 g/mol. The van der Waals surface area contributed by atoms with Crippen molar-refractivity contribution in [2.24, 2.45) is 0 Å². The molecule has 0 aromatic carbocycles. The number of esters is 2. The Morgan fingerprint density at radius 1 is 1.24 bits per heavy atom. The topological polar surface area (TPSA) is 78.0 Å². The van der Waals surface area contributed by atoms with Gasteiger partial charge in [-0.25, -0.2) is 19.6 Å². The molecule has 114 valence electrons. The van der Waals surface area contributed by atoms with E-state index >= 15 is 0 Å². The maximum Gasteiger partial charge on any atom is 0.337 e. The number of carbonyl (C=O) groups excluding carboxylic acids is 2. The van der Waals surface area contributed by atoms with Gasteiger partial charge < -0.3 is 9.47 Å². The van der Waals surface area contributed by atoms with E-state index in [0.29, 0.717) is 18.7 Å². The van der Waals surface area contributed by atoms with Gasteiger partial charge >= 0.3 is 11.9 Å². The molecule has 7 heteroatoms. The molecule has 1 fully saturated rings. The van der Waals surface area contributed by atoms with Crippen LogP contribution in [-0.2, 0) is 23.9 Å². The van der Waals surface area contributed by atoms with Crippen LogP contribution in [0.5, 0.6) is 0 Å². The van der Waals surface area contributed by atoms with Gasteiger partial charge in [0.05, 0.1) is 14.2 Å². The molecule has 0 saturated carbocycles. The number of nitrogens with zero attached hydrogens (tertiary/aromatic N) is 2. The highest BCUT2D eigenvalue weighted by Crippen LogP contribution is 2.27. The van der Waals surface area contributed by atoms with Gasteiger partial charge in [-0.3, -0.25) is 4.84 Å². The molecule has 1 aliphatic rings. The molecule has 2 atom stereocenters. The molecule has 2 heterocycles. The van der Waals surface area contributed by atoms with Crippen molar-refractivity contribution in [2.45, 2.75) is 31.9 Å². The molecule has 0 unspecified atom stereocenters. The van der Waals surface area contributed by atoms with Crippen LogP contribution in [-0.4, -0.2) is 43.3 Å². The molecule has 1 saturated heterocycles. The summed E-state index contributed by atoms with van der Waals surface area (Å²) in [6.07, 6.45) is 0.0507. The maximum absolute atomic E-state index is 11.9. The summed E-state index contributed by atoms with van der Waals surface area (Å²) in [4.78, 5) is 33.5. The van der Waals surface area contributed by atoms with Crippen LogP contribution in [0.4, 0.5) is 5.82 Å². The van der Waals surface area contributed by atoms with E-state index in [1.165, 1.54) is 19.3 Å². The second kappa shape index (κ2) is 6.53. The molecule has 0 aliphatic carbocycles. The number of aryl methyl sites for hydroxylation is 1. The van der Waals surface area contributed by atoms with Crippen LogP contribution in [0.25, 0.3) is 0 Å². The predicted molar refractivity (Wildman–Crippen MR) is 73.4 cm³/mol. The van der Waals surface area contributed by atoms with Crippen LogP contribution in [0.3, 0.4) is 0 Å². The minimum atomic E-state index is -0.752. The second-order valence-corrected chi connectivity index (χ2v) is 4.70. The van der Waals surface area contributed by atoms with Crippen molar-refractivity contribution < 1.29 is 23.9 Å². The number of hydrogen-bond donors (Lipinski definition) is 0. The van der Waals surface area contributed by atoms with E-state index in [9.17, 15) is 9.59 Å². The van der Waals surface area contributed by atoms with Crippen molar-refractivity contribution in [3.63, 3.8) is 0 Å². The molecule has 2 rings (SSSR count). The summed E-state index contributed by atoms with van der Waals surface area (Å²) in [5.74, 6) is -0.448. The average Bonchev–Trinajstić information content (AvgIpc) is 2.52. The molecular formula is C14H18N2O5. The van der Waals surface area contributed by atoms with E-state index in [1.54, 1.807) is 12.1 Å². The van der Waals surface area contributed by atoms with Gasteiger partial charge in [0.15, 0.2) is 18.0 Å². The molecule has 0 radical (unpaired) electrons. The lowest BCUT2D eigenvalue weighted by molar-refractivity contribution is -0.165. The van der Waals surface area contributed by atoms with E-state index in [4.69, 9.17) is 14.3 Å². The van der Waals surface area contributed by atoms with E-state index in [0.717, 1.165) is 5.69 Å². The number of pyridine rings is 1. The number of rotatable bonds is 3. The Kier molecular flexibility index (Phi) is 4.74. The Morgan fingerprint density at radius 3 is 2.57 bits per heavy atom. The Labute approximate surface area is 122 Å². The van der Waals surface area contributed by atoms with Gasteiger partial charge in [-0.05, 0) is 31.9 Å². The number of hydroxylamine groups is 1. The van der Waals surface area contributed by atoms with E-state index in [2.05, 4.69) is 4.98 Å². The van der Waals surface area contributed by atoms with E-state index in [1.807, 2.05) is 13.0 Å². The Balaban J connectivity index is 2.28. The monoisotopic (exact) mass is 294 g/mol. The molecule has 0 spiro atoms. The fourth-order valence-electron chi connectivity index (χ4n) is 2.20. The molecule has 7 nitrogen and oxygen atoms in total. The molecule has 21 heavy (non-hydrogen) atoms. The smallest absolute Gasteiger partial charge is 0.337 e. The van der Waals surface area contributed by atoms with Crippen molar-refractivity contribution in [1.29, 1.82) is 0 Å². The third-order valence-corrected chi connectivity index (χ3v) is 3.26. The number of aromatic nitrogens is 1. The normalized spacial score (nSPS) is 21.8. The summed E-state index contributed by atoms with van der Waals surface area (Å²) in [5, 5.41) is 1.34. The van der Waals surface area contributed by atoms with Gasteiger partial charge in [0.1, 0.15) is 0 Å². The maximum atomic E-state index is 11.9. The zero-order chi connectivity index (χ0) is 15.4. The van der Waals surface area contributed by atoms with E-state index in [-0.39, 0.29) is 0 Å². The summed E-state index contributed by atoms with van der Waals surface area (Å²) >= 11 is 0. The molecule has 0 bridgehead atoms. The summed E-state index contributed by atoms with van der Waals surface area (Å²) in [7, 11) is 2.62. The van der Waals surface area contributed by atoms with Gasteiger partial charge in [0.25, 0.3) is 0 Å². The van der Waals surface area contributed by atoms with Crippen LogP contribution in [0, 0.1) is 6.92 Å². The number of carbonyl (C=O) groups is 2. The first kappa shape index (κ1) is 15.2. The zero-order valence-electron chi connectivity index (χ0n) is 12.2. The highest BCUT2D eigenvalue weighted by Gasteiger charge is 2.39. The lowest BCUT2D eigenvalue weighted by Gasteiger charge is -2.36. The first-order valence-electron chi connectivity index (χ1n) is 6.62. The third kappa shape index (κ3) is 3.30. The van der Waals surface area contributed by atoms with Gasteiger partial charge in [0.2, 0.25) is 0 Å². The fourth-order valence-corrected chi connectivity index (χ4v) is 2.20. The van der Waals surface area contributed by atoms with Crippen molar-refractivity contribution in [1.82, 2.24) is 4.98 Å². The SMILES string of the molecule is COC(=O)[C@H]1CC[C@@H](C(=O)OC)N(c2cccc(C)n2)O1. The average molecular weight is 294 g/mol. The van der Waals surface area contributed by atoms with Crippen LogP contribution >= 0.6 is 0 Å². The van der Waals surface area contributed by atoms with Gasteiger partial charge in [-0.2, -0.15) is 0 Å². The molecule has 1 aromatic rings. The first-order valence-corrected chi connectivity index (χ1v) is 6.62. The second-order valence-electron chi connectivity index (χ2n) is 4.70. The predicted octanol–water partition coefficient (Wildman–Crippen LogP) is 1.01. The highest BCUT2D eigenvalue weighted by molar-refractivity contribution is 5.80. The number of hydrogen-bond acceptors (Lipinski definition) is 7. The van der Waals surface area contributed by atoms with Crippen molar-refractivity contribution in [3.05, 3.63) is 23.9 Å². The molecule has 1 aromatic heterocycles. The van der Waals surface area contributed by atoms with Crippen LogP contribution in [0.1, 0.15) is 18.5 Å². The Bertz CT molecular complexity index is 534. The van der Waals surface area contributed by atoms with Crippen LogP contribution in [0.2, 0.25) is 0 Å². The molecule has 0 N–H and O–H groups in total. The summed E-state index contributed by atoms with van der Waals surface area (Å²) < 4.78 is 9.48. The van der Waals surface area contributed by atoms with Crippen LogP contribution < -0.4 is 5.06 Å². The zero-order valence-corrected chi connectivity index (χ0v) is 12.2. The number of anilines is 1. The minimum Gasteiger partial charge on any atom is -0.467 e. The van der Waals surface area contributed by atoms with Gasteiger partial charge in [-0.15, -0.1) is 0 Å². The lowest BCUT2D eigenvalue weighted by atomic mass is 10.1. The van der Waals surface area contributed by atoms with Gasteiger partial charge in [-0.1, -0.05) is 6.07 Å². The van der Waals surface area contributed by atoms with Gasteiger partial charge in [0, 0.05) is 5.69 Å². The summed E-state index contributed by atoms with van der Waals surface area (Å²) in [6, 6.07) is 4.71. The van der Waals surface area contributed by atoms with E-state index < -0.39 is 24.1 Å². The standard InChI is InChI=1S/C14H18N2O5/c1-9-5-4-6-12(15-9)16-10(13(17)19-2)7-8-11(21-16)14(18)20-3/h4-6,10-11H,7-8H2,1-3H3/t10-,11+/m0/s1. The molecule has 1 aliphatic heterocycles. The first-order chi connectivity index (χ1) is 10.1. The van der Waals surface area contributed by atoms with Crippen molar-refractivity contribution in [3.8, 4) is 0 Å². The minimum absolute atomic E-state index is 0.384. The lowest BCUT2D eigenvalue weighted by Crippen LogP contribution is -2.51. The fraction of sp³-hybridized carbons (Fsp3) is 0.500. The molecule has 0 amide bonds. The number of methoxy groups -OCH3 is 2. The Morgan fingerprint density at radius 2 is 1.95 bits per heavy atom. The summed E-state index contributed by atoms with van der Waals surface area (Å²) in [6.45, 7) is 1.83. The third-order valence-electron chi connectivity index (χ3n) is 3.26. The quantitative estimate of drug-likeness (QED) is 0.770. The number of ether oxygens (including phenoxy) is 2. The van der Waals surface area contributed by atoms with Crippen LogP contribution in [0.15, 0.2) is 18.2 Å². The Hall–Kier alpha value is -2.15. The summed E-state index contributed by atoms with van der Waals surface area (Å²) in [5.41, 5.74) is 0.778. The van der Waals surface area contributed by atoms with Crippen molar-refractivity contribution >= 4 is 17.8 Å². The van der Waals surface area contributed by atoms with Crippen molar-refractivity contribution in [2.75, 3.05) is 19.3 Å². The largest absolute Gasteiger partial charge is 0.467 e. The highest BCUT2D eigenvalue weighted by atomic mass is 16.7.